The highest BCUT2D eigenvalue weighted by Crippen LogP contribution is 2.44. The Morgan fingerprint density at radius 1 is 0.887 bits per heavy atom. The summed E-state index contributed by atoms with van der Waals surface area (Å²) >= 11 is 0. The normalized spacial score (nSPS) is 16.1. The molecule has 0 saturated heterocycles. The number of methoxy groups -OCH3 is 2. The van der Waals surface area contributed by atoms with Crippen molar-refractivity contribution >= 4 is 17.5 Å². The van der Waals surface area contributed by atoms with Crippen molar-refractivity contribution in [3.63, 3.8) is 0 Å². The van der Waals surface area contributed by atoms with Gasteiger partial charge in [-0.1, -0.05) is 90.0 Å². The largest absolute Gasteiger partial charge is 0.494 e. The molecule has 1 amide bonds. The molecule has 2 atom stereocenters. The summed E-state index contributed by atoms with van der Waals surface area (Å²) in [5.74, 6) is 1.59. The zero-order chi connectivity index (χ0) is 37.0. The van der Waals surface area contributed by atoms with Crippen molar-refractivity contribution in [3.8, 4) is 28.4 Å². The van der Waals surface area contributed by atoms with E-state index in [4.69, 9.17) is 29.0 Å². The number of aliphatic imine (C=N–C) groups is 1. The minimum Gasteiger partial charge on any atom is -0.494 e. The molecule has 0 bridgehead atoms. The molecule has 6 rings (SSSR count). The number of carbonyl (C=O) groups excluding carboxylic acids is 1. The summed E-state index contributed by atoms with van der Waals surface area (Å²) in [6.07, 6.45) is -0.329. The van der Waals surface area contributed by atoms with Gasteiger partial charge in [-0.05, 0) is 69.7 Å². The van der Waals surface area contributed by atoms with Gasteiger partial charge in [-0.15, -0.1) is 0 Å². The Bertz CT molecular complexity index is 2090. The number of aliphatic hydroxyl groups is 1. The number of hydrogen-bond acceptors (Lipinski definition) is 9. The Labute approximate surface area is 307 Å². The molecule has 0 spiro atoms. The van der Waals surface area contributed by atoms with E-state index in [1.807, 2.05) is 91.0 Å². The fourth-order valence-electron chi connectivity index (χ4n) is 6.19. The molecular formula is C41H40N6O6. The second kappa shape index (κ2) is 17.3. The summed E-state index contributed by atoms with van der Waals surface area (Å²) in [5.41, 5.74) is 19.1. The number of hydrogen-bond donors (Lipinski definition) is 3. The van der Waals surface area contributed by atoms with E-state index in [1.54, 1.807) is 44.6 Å². The molecule has 0 aromatic heterocycles. The van der Waals surface area contributed by atoms with Gasteiger partial charge in [0.2, 0.25) is 5.90 Å². The van der Waals surface area contributed by atoms with E-state index in [2.05, 4.69) is 20.9 Å². The Hall–Kier alpha value is -6.33. The van der Waals surface area contributed by atoms with Crippen molar-refractivity contribution in [2.45, 2.75) is 31.0 Å². The fourth-order valence-corrected chi connectivity index (χ4v) is 6.19. The van der Waals surface area contributed by atoms with Gasteiger partial charge in [-0.25, -0.2) is 10.4 Å². The third-order valence-corrected chi connectivity index (χ3v) is 8.90. The molecular weight excluding hydrogens is 672 g/mol. The van der Waals surface area contributed by atoms with Gasteiger partial charge in [-0.3, -0.25) is 10.2 Å². The number of benzene rings is 5. The fraction of sp³-hybridized carbons (Fsp3) is 0.220. The van der Waals surface area contributed by atoms with Crippen LogP contribution in [0.2, 0.25) is 0 Å². The maximum absolute atomic E-state index is 14.8. The lowest BCUT2D eigenvalue weighted by Crippen LogP contribution is -2.53. The van der Waals surface area contributed by atoms with Crippen molar-refractivity contribution in [2.75, 3.05) is 27.4 Å². The number of nitrogens with zero attached hydrogens (tertiary/aromatic N) is 4. The molecule has 0 fully saturated rings. The van der Waals surface area contributed by atoms with Gasteiger partial charge in [0, 0.05) is 42.2 Å². The molecule has 1 aliphatic heterocycles. The number of amides is 1. The number of hydrazine groups is 1. The van der Waals surface area contributed by atoms with Crippen LogP contribution >= 0.6 is 0 Å². The van der Waals surface area contributed by atoms with Crippen LogP contribution in [0.1, 0.15) is 34.8 Å². The Kier molecular flexibility index (Phi) is 11.9. The van der Waals surface area contributed by atoms with Crippen LogP contribution < -0.4 is 25.1 Å². The van der Waals surface area contributed by atoms with Gasteiger partial charge in [0.05, 0.1) is 20.8 Å². The van der Waals surface area contributed by atoms with Crippen molar-refractivity contribution in [1.29, 1.82) is 0 Å². The maximum atomic E-state index is 14.8. The summed E-state index contributed by atoms with van der Waals surface area (Å²) in [6, 6.07) is 37.7. The summed E-state index contributed by atoms with van der Waals surface area (Å²) in [7, 11) is 3.13. The van der Waals surface area contributed by atoms with Crippen molar-refractivity contribution in [3.05, 3.63) is 154 Å². The Morgan fingerprint density at radius 2 is 1.58 bits per heavy atom. The minimum absolute atomic E-state index is 0.0343. The Balaban J connectivity index is 1.40. The van der Waals surface area contributed by atoms with Crippen molar-refractivity contribution in [1.82, 2.24) is 10.9 Å². The van der Waals surface area contributed by atoms with Gasteiger partial charge in [0.25, 0.3) is 5.91 Å². The van der Waals surface area contributed by atoms with E-state index in [1.165, 1.54) is 0 Å². The van der Waals surface area contributed by atoms with E-state index in [9.17, 15) is 10.3 Å². The molecule has 0 aliphatic carbocycles. The van der Waals surface area contributed by atoms with Crippen LogP contribution in [0.25, 0.3) is 21.6 Å². The van der Waals surface area contributed by atoms with Crippen molar-refractivity contribution in [2.24, 2.45) is 10.1 Å². The van der Waals surface area contributed by atoms with Crippen molar-refractivity contribution < 1.29 is 28.8 Å². The molecule has 5 aromatic carbocycles. The van der Waals surface area contributed by atoms with E-state index in [-0.39, 0.29) is 25.5 Å². The third kappa shape index (κ3) is 8.43. The molecule has 12 nitrogen and oxygen atoms in total. The van der Waals surface area contributed by atoms with Crippen LogP contribution in [0.3, 0.4) is 0 Å². The van der Waals surface area contributed by atoms with Crippen LogP contribution in [0, 0.1) is 0 Å². The monoisotopic (exact) mass is 712 g/mol. The van der Waals surface area contributed by atoms with Gasteiger partial charge in [0.1, 0.15) is 5.75 Å². The second-order valence-corrected chi connectivity index (χ2v) is 12.3. The average Bonchev–Trinajstić information content (AvgIpc) is 3.59. The zero-order valence-electron chi connectivity index (χ0n) is 29.4. The minimum atomic E-state index is -1.56. The number of carbonyl (C=O) groups is 1. The first-order valence-corrected chi connectivity index (χ1v) is 17.1. The van der Waals surface area contributed by atoms with Crippen LogP contribution in [-0.2, 0) is 22.5 Å². The SMILES string of the molecule is COc1ccc(CNNC(=O)[C@@]2(Cc3ccccc3N=[N+]=[N-])N=C(c3ccc(OCCCO)cc3)O[C@H]2c2ccc(-c3ccccc3)cc2)cc1OC. The highest BCUT2D eigenvalue weighted by atomic mass is 16.5. The number of rotatable bonds is 16. The Morgan fingerprint density at radius 3 is 2.30 bits per heavy atom. The number of aliphatic hydroxyl groups excluding tert-OH is 1. The second-order valence-electron chi connectivity index (χ2n) is 12.3. The highest BCUT2D eigenvalue weighted by molar-refractivity contribution is 6.01. The zero-order valence-corrected chi connectivity index (χ0v) is 29.4. The molecule has 1 heterocycles. The molecule has 3 N–H and O–H groups in total. The molecule has 53 heavy (non-hydrogen) atoms. The lowest BCUT2D eigenvalue weighted by molar-refractivity contribution is -0.130. The van der Waals surface area contributed by atoms with Crippen LogP contribution in [-0.4, -0.2) is 49.9 Å². The van der Waals surface area contributed by atoms with E-state index in [0.29, 0.717) is 47.1 Å². The first-order valence-electron chi connectivity index (χ1n) is 17.1. The third-order valence-electron chi connectivity index (χ3n) is 8.90. The quantitative estimate of drug-likeness (QED) is 0.0316. The molecule has 0 unspecified atom stereocenters. The lowest BCUT2D eigenvalue weighted by Gasteiger charge is -2.31. The molecule has 12 heteroatoms. The number of nitrogens with one attached hydrogen (secondary N) is 2. The van der Waals surface area contributed by atoms with Crippen LogP contribution in [0.5, 0.6) is 17.2 Å². The summed E-state index contributed by atoms with van der Waals surface area (Å²) < 4.78 is 23.3. The van der Waals surface area contributed by atoms with Gasteiger partial charge < -0.3 is 24.1 Å². The number of azide groups is 1. The summed E-state index contributed by atoms with van der Waals surface area (Å²) in [5, 5.41) is 13.1. The van der Waals surface area contributed by atoms with Crippen LogP contribution in [0.15, 0.2) is 131 Å². The average molecular weight is 713 g/mol. The van der Waals surface area contributed by atoms with Gasteiger partial charge >= 0.3 is 0 Å². The number of ether oxygens (including phenoxy) is 4. The van der Waals surface area contributed by atoms with E-state index in [0.717, 1.165) is 22.3 Å². The highest BCUT2D eigenvalue weighted by Gasteiger charge is 2.53. The lowest BCUT2D eigenvalue weighted by atomic mass is 9.81. The van der Waals surface area contributed by atoms with Gasteiger partial charge in [0.15, 0.2) is 23.1 Å². The molecule has 5 aromatic rings. The maximum Gasteiger partial charge on any atom is 0.266 e. The molecule has 0 radical (unpaired) electrons. The summed E-state index contributed by atoms with van der Waals surface area (Å²) in [4.78, 5) is 22.9. The topological polar surface area (TPSA) is 159 Å². The predicted octanol–water partition coefficient (Wildman–Crippen LogP) is 7.39. The van der Waals surface area contributed by atoms with E-state index >= 15 is 0 Å². The standard InChI is InChI=1S/C41H40N6O6/c1-50-36-22-13-28(25-37(36)51-2)27-43-46-40(49)41(26-33-11-6-7-12-35(33)45-47-42)38(31-16-14-30(15-17-31)29-9-4-3-5-10-29)53-39(44-41)32-18-20-34(21-19-32)52-24-8-23-48/h3-7,9-22,25,38,43,48H,8,23-24,26-27H2,1-2H3,(H,46,49)/t38-,41-/m0/s1. The first-order chi connectivity index (χ1) is 26.0. The predicted molar refractivity (Wildman–Crippen MR) is 202 cm³/mol. The van der Waals surface area contributed by atoms with Gasteiger partial charge in [-0.2, -0.15) is 0 Å². The first kappa shape index (κ1) is 36.5. The molecule has 0 saturated carbocycles. The van der Waals surface area contributed by atoms with Crippen LogP contribution in [0.4, 0.5) is 5.69 Å². The molecule has 270 valence electrons. The molecule has 1 aliphatic rings. The van der Waals surface area contributed by atoms with E-state index < -0.39 is 17.6 Å². The smallest absolute Gasteiger partial charge is 0.266 e. The summed E-state index contributed by atoms with van der Waals surface area (Å²) in [6.45, 7) is 0.675.